The Hall–Kier alpha value is -2.86. The molecule has 4 rings (SSSR count). The van der Waals surface area contributed by atoms with Crippen LogP contribution >= 0.6 is 0 Å². The molecule has 0 atom stereocenters. The lowest BCUT2D eigenvalue weighted by Crippen LogP contribution is -2.13. The van der Waals surface area contributed by atoms with E-state index in [9.17, 15) is 8.42 Å². The SMILES string of the molecule is Cc1c(-c2c[nH]c3ncccc23)cn(S(=O)(=O)c2ccccc2)c1C. The number of nitrogens with one attached hydrogen (secondary N) is 1. The van der Waals surface area contributed by atoms with Crippen molar-refractivity contribution in [1.29, 1.82) is 0 Å². The van der Waals surface area contributed by atoms with Gasteiger partial charge in [-0.05, 0) is 43.7 Å². The van der Waals surface area contributed by atoms with Crippen molar-refractivity contribution in [3.63, 3.8) is 0 Å². The predicted molar refractivity (Wildman–Crippen MR) is 98.0 cm³/mol. The van der Waals surface area contributed by atoms with Crippen LogP contribution in [-0.4, -0.2) is 22.4 Å². The first-order valence-corrected chi connectivity index (χ1v) is 9.36. The summed E-state index contributed by atoms with van der Waals surface area (Å²) in [5.74, 6) is 0. The Morgan fingerprint density at radius 3 is 2.52 bits per heavy atom. The Kier molecular flexibility index (Phi) is 3.51. The first-order chi connectivity index (χ1) is 12.0. The largest absolute Gasteiger partial charge is 0.346 e. The third-order valence-electron chi connectivity index (χ3n) is 4.56. The molecule has 0 saturated carbocycles. The van der Waals surface area contributed by atoms with E-state index in [0.717, 1.165) is 27.7 Å². The Balaban J connectivity index is 1.93. The highest BCUT2D eigenvalue weighted by atomic mass is 32.2. The van der Waals surface area contributed by atoms with Gasteiger partial charge in [-0.3, -0.25) is 0 Å². The third kappa shape index (κ3) is 2.37. The minimum absolute atomic E-state index is 0.278. The molecule has 0 spiro atoms. The minimum Gasteiger partial charge on any atom is -0.346 e. The molecular weight excluding hydrogens is 334 g/mol. The number of aromatic amines is 1. The van der Waals surface area contributed by atoms with Crippen molar-refractivity contribution in [2.75, 3.05) is 0 Å². The van der Waals surface area contributed by atoms with E-state index in [2.05, 4.69) is 9.97 Å². The lowest BCUT2D eigenvalue weighted by atomic mass is 10.0. The van der Waals surface area contributed by atoms with Crippen molar-refractivity contribution in [2.45, 2.75) is 18.7 Å². The number of hydrogen-bond acceptors (Lipinski definition) is 3. The van der Waals surface area contributed by atoms with Crippen molar-refractivity contribution in [1.82, 2.24) is 13.9 Å². The summed E-state index contributed by atoms with van der Waals surface area (Å²) in [5, 5.41) is 0.972. The maximum atomic E-state index is 13.0. The Morgan fingerprint density at radius 2 is 1.76 bits per heavy atom. The van der Waals surface area contributed by atoms with E-state index in [4.69, 9.17) is 0 Å². The van der Waals surface area contributed by atoms with E-state index < -0.39 is 10.0 Å². The third-order valence-corrected chi connectivity index (χ3v) is 6.33. The van der Waals surface area contributed by atoms with Gasteiger partial charge in [0.1, 0.15) is 5.65 Å². The number of rotatable bonds is 3. The molecule has 6 heteroatoms. The van der Waals surface area contributed by atoms with Gasteiger partial charge < -0.3 is 4.98 Å². The second-order valence-corrected chi connectivity index (χ2v) is 7.78. The van der Waals surface area contributed by atoms with E-state index in [1.165, 1.54) is 3.97 Å². The summed E-state index contributed by atoms with van der Waals surface area (Å²) in [6.45, 7) is 3.77. The minimum atomic E-state index is -3.62. The van der Waals surface area contributed by atoms with E-state index in [1.807, 2.05) is 32.2 Å². The lowest BCUT2D eigenvalue weighted by Gasteiger charge is -2.08. The van der Waals surface area contributed by atoms with Gasteiger partial charge in [-0.15, -0.1) is 0 Å². The first kappa shape index (κ1) is 15.7. The first-order valence-electron chi connectivity index (χ1n) is 7.92. The molecule has 0 radical (unpaired) electrons. The van der Waals surface area contributed by atoms with Crippen LogP contribution in [0.3, 0.4) is 0 Å². The van der Waals surface area contributed by atoms with Crippen LogP contribution in [0.2, 0.25) is 0 Å². The number of nitrogens with zero attached hydrogens (tertiary/aromatic N) is 2. The summed E-state index contributed by atoms with van der Waals surface area (Å²) in [4.78, 5) is 7.72. The van der Waals surface area contributed by atoms with E-state index in [1.54, 1.807) is 42.7 Å². The zero-order chi connectivity index (χ0) is 17.6. The van der Waals surface area contributed by atoms with Crippen molar-refractivity contribution in [2.24, 2.45) is 0 Å². The average molecular weight is 351 g/mol. The van der Waals surface area contributed by atoms with Gasteiger partial charge >= 0.3 is 0 Å². The van der Waals surface area contributed by atoms with Gasteiger partial charge in [0.25, 0.3) is 10.0 Å². The summed E-state index contributed by atoms with van der Waals surface area (Å²) in [6, 6.07) is 12.3. The Bertz CT molecular complexity index is 1170. The highest BCUT2D eigenvalue weighted by molar-refractivity contribution is 7.90. The van der Waals surface area contributed by atoms with Crippen LogP contribution in [0.5, 0.6) is 0 Å². The van der Waals surface area contributed by atoms with E-state index >= 15 is 0 Å². The van der Waals surface area contributed by atoms with E-state index in [0.29, 0.717) is 5.69 Å². The number of fused-ring (bicyclic) bond motifs is 1. The molecule has 1 aromatic carbocycles. The van der Waals surface area contributed by atoms with Crippen LogP contribution in [0.4, 0.5) is 0 Å². The van der Waals surface area contributed by atoms with Gasteiger partial charge in [0.05, 0.1) is 4.90 Å². The molecule has 0 fully saturated rings. The topological polar surface area (TPSA) is 67.8 Å². The zero-order valence-corrected chi connectivity index (χ0v) is 14.7. The second-order valence-electron chi connectivity index (χ2n) is 5.97. The smallest absolute Gasteiger partial charge is 0.267 e. The van der Waals surface area contributed by atoms with Gasteiger partial charge in [0.15, 0.2) is 0 Å². The molecule has 0 amide bonds. The van der Waals surface area contributed by atoms with Crippen LogP contribution in [0.15, 0.2) is 66.0 Å². The standard InChI is InChI=1S/C19H17N3O2S/c1-13-14(2)22(25(23,24)15-7-4-3-5-8-15)12-18(13)17-11-21-19-16(17)9-6-10-20-19/h3-12H,1-2H3,(H,20,21). The number of pyridine rings is 1. The molecule has 126 valence electrons. The van der Waals surface area contributed by atoms with Gasteiger partial charge in [-0.25, -0.2) is 17.4 Å². The number of aromatic nitrogens is 3. The summed E-state index contributed by atoms with van der Waals surface area (Å²) in [6.07, 6.45) is 5.30. The monoisotopic (exact) mass is 351 g/mol. The van der Waals surface area contributed by atoms with Crippen LogP contribution in [0.1, 0.15) is 11.3 Å². The predicted octanol–water partition coefficient (Wildman–Crippen LogP) is 3.89. The van der Waals surface area contributed by atoms with Crippen molar-refractivity contribution < 1.29 is 8.42 Å². The van der Waals surface area contributed by atoms with Gasteiger partial charge in [-0.1, -0.05) is 18.2 Å². The van der Waals surface area contributed by atoms with Crippen LogP contribution in [0, 0.1) is 13.8 Å². The second kappa shape index (κ2) is 5.60. The van der Waals surface area contributed by atoms with Crippen LogP contribution < -0.4 is 0 Å². The number of H-pyrrole nitrogens is 1. The Labute approximate surface area is 146 Å². The highest BCUT2D eigenvalue weighted by Gasteiger charge is 2.23. The normalized spacial score (nSPS) is 11.9. The maximum Gasteiger partial charge on any atom is 0.267 e. The van der Waals surface area contributed by atoms with Gasteiger partial charge in [-0.2, -0.15) is 0 Å². The van der Waals surface area contributed by atoms with Gasteiger partial charge in [0.2, 0.25) is 0 Å². The lowest BCUT2D eigenvalue weighted by molar-refractivity contribution is 0.586. The summed E-state index contributed by atoms with van der Waals surface area (Å²) >= 11 is 0. The summed E-state index contributed by atoms with van der Waals surface area (Å²) < 4.78 is 27.4. The van der Waals surface area contributed by atoms with E-state index in [-0.39, 0.29) is 4.90 Å². The highest BCUT2D eigenvalue weighted by Crippen LogP contribution is 2.34. The quantitative estimate of drug-likeness (QED) is 0.609. The Morgan fingerprint density at radius 1 is 1.00 bits per heavy atom. The average Bonchev–Trinajstić information content (AvgIpc) is 3.18. The molecule has 3 aromatic heterocycles. The van der Waals surface area contributed by atoms with Crippen LogP contribution in [0.25, 0.3) is 22.2 Å². The molecule has 1 N–H and O–H groups in total. The summed E-state index contributed by atoms with van der Waals surface area (Å²) in [5.41, 5.74) is 4.26. The van der Waals surface area contributed by atoms with Crippen molar-refractivity contribution in [3.8, 4) is 11.1 Å². The maximum absolute atomic E-state index is 13.0. The molecule has 25 heavy (non-hydrogen) atoms. The molecule has 0 aliphatic carbocycles. The number of benzene rings is 1. The zero-order valence-electron chi connectivity index (χ0n) is 13.9. The molecular formula is C19H17N3O2S. The fourth-order valence-electron chi connectivity index (χ4n) is 3.08. The molecule has 0 aliphatic heterocycles. The van der Waals surface area contributed by atoms with Gasteiger partial charge in [0, 0.05) is 40.8 Å². The summed E-state index contributed by atoms with van der Waals surface area (Å²) in [7, 11) is -3.62. The molecule has 0 bridgehead atoms. The van der Waals surface area contributed by atoms with Crippen LogP contribution in [-0.2, 0) is 10.0 Å². The fraction of sp³-hybridized carbons (Fsp3) is 0.105. The van der Waals surface area contributed by atoms with Crippen molar-refractivity contribution in [3.05, 3.63) is 72.3 Å². The molecule has 0 aliphatic rings. The fourth-order valence-corrected chi connectivity index (χ4v) is 4.55. The molecule has 0 unspecified atom stereocenters. The van der Waals surface area contributed by atoms with Crippen molar-refractivity contribution >= 4 is 21.1 Å². The molecule has 4 aromatic rings. The number of hydrogen-bond donors (Lipinski definition) is 1. The molecule has 5 nitrogen and oxygen atoms in total. The molecule has 3 heterocycles. The molecule has 0 saturated heterocycles.